The molecule has 1 unspecified atom stereocenters. The van der Waals surface area contributed by atoms with Gasteiger partial charge < -0.3 is 5.32 Å². The molecule has 0 spiro atoms. The molecule has 1 atom stereocenters. The fraction of sp³-hybridized carbons (Fsp3) is 0.389. The normalized spacial score (nSPS) is 16.5. The Morgan fingerprint density at radius 3 is 2.71 bits per heavy atom. The minimum Gasteiger partial charge on any atom is -0.305 e. The Bertz CT molecular complexity index is 608. The van der Waals surface area contributed by atoms with Gasteiger partial charge in [-0.15, -0.1) is 0 Å². The maximum Gasteiger partial charge on any atom is 0.0765 e. The Balaban J connectivity index is 2.03. The monoisotopic (exact) mass is 344 g/mol. The van der Waals surface area contributed by atoms with Gasteiger partial charge in [-0.3, -0.25) is 4.98 Å². The summed E-state index contributed by atoms with van der Waals surface area (Å²) in [6.45, 7) is 3.07. The molecule has 0 aliphatic heterocycles. The standard InChI is InChI=1S/C18H21BrN2/c1-2-20-17(18-16(19)11-6-12-21-18)15-10-4-3-9-14(15)13-7-5-8-13/h3-4,6,9-13,17,20H,2,5,7-8H2,1H3. The molecule has 1 aliphatic rings. The lowest BCUT2D eigenvalue weighted by Crippen LogP contribution is -2.25. The number of halogens is 1. The summed E-state index contributed by atoms with van der Waals surface area (Å²) in [5.41, 5.74) is 3.95. The first-order chi connectivity index (χ1) is 10.3. The highest BCUT2D eigenvalue weighted by Gasteiger charge is 2.26. The first-order valence-corrected chi connectivity index (χ1v) is 8.53. The van der Waals surface area contributed by atoms with E-state index in [1.54, 1.807) is 0 Å². The van der Waals surface area contributed by atoms with Crippen LogP contribution in [0.15, 0.2) is 47.1 Å². The molecule has 0 bridgehead atoms. The topological polar surface area (TPSA) is 24.9 Å². The number of nitrogens with zero attached hydrogens (tertiary/aromatic N) is 1. The van der Waals surface area contributed by atoms with E-state index >= 15 is 0 Å². The molecule has 1 aliphatic carbocycles. The van der Waals surface area contributed by atoms with Gasteiger partial charge in [0.05, 0.1) is 11.7 Å². The first kappa shape index (κ1) is 14.7. The van der Waals surface area contributed by atoms with Gasteiger partial charge in [-0.05, 0) is 64.5 Å². The van der Waals surface area contributed by atoms with Crippen LogP contribution in [0.2, 0.25) is 0 Å². The van der Waals surface area contributed by atoms with Gasteiger partial charge >= 0.3 is 0 Å². The molecule has 0 saturated heterocycles. The molecule has 1 fully saturated rings. The van der Waals surface area contributed by atoms with E-state index in [1.165, 1.54) is 30.4 Å². The Kier molecular flexibility index (Phi) is 4.71. The van der Waals surface area contributed by atoms with Gasteiger partial charge in [0.1, 0.15) is 0 Å². The second-order valence-corrected chi connectivity index (χ2v) is 6.47. The van der Waals surface area contributed by atoms with Crippen molar-refractivity contribution in [3.63, 3.8) is 0 Å². The highest BCUT2D eigenvalue weighted by molar-refractivity contribution is 9.10. The van der Waals surface area contributed by atoms with Crippen LogP contribution in [0.5, 0.6) is 0 Å². The van der Waals surface area contributed by atoms with E-state index in [4.69, 9.17) is 0 Å². The SMILES string of the molecule is CCNC(c1ccccc1C1CCC1)c1ncccc1Br. The average molecular weight is 345 g/mol. The molecule has 0 radical (unpaired) electrons. The van der Waals surface area contributed by atoms with Crippen molar-refractivity contribution in [2.75, 3.05) is 6.54 Å². The van der Waals surface area contributed by atoms with Crippen molar-refractivity contribution < 1.29 is 0 Å². The summed E-state index contributed by atoms with van der Waals surface area (Å²) in [5.74, 6) is 0.727. The number of aromatic nitrogens is 1. The maximum absolute atomic E-state index is 4.61. The van der Waals surface area contributed by atoms with Crippen molar-refractivity contribution in [1.82, 2.24) is 10.3 Å². The van der Waals surface area contributed by atoms with Crippen molar-refractivity contribution in [3.8, 4) is 0 Å². The van der Waals surface area contributed by atoms with Crippen LogP contribution in [0.1, 0.15) is 55.0 Å². The molecule has 3 rings (SSSR count). The molecule has 1 N–H and O–H groups in total. The highest BCUT2D eigenvalue weighted by atomic mass is 79.9. The second-order valence-electron chi connectivity index (χ2n) is 5.62. The van der Waals surface area contributed by atoms with Crippen LogP contribution in [0, 0.1) is 0 Å². The largest absolute Gasteiger partial charge is 0.305 e. The summed E-state index contributed by atoms with van der Waals surface area (Å²) in [6.07, 6.45) is 5.87. The van der Waals surface area contributed by atoms with E-state index in [1.807, 2.05) is 12.3 Å². The number of nitrogens with one attached hydrogen (secondary N) is 1. The zero-order chi connectivity index (χ0) is 14.7. The number of rotatable bonds is 5. The van der Waals surface area contributed by atoms with Crippen LogP contribution < -0.4 is 5.32 Å². The van der Waals surface area contributed by atoms with Crippen LogP contribution in [-0.2, 0) is 0 Å². The number of benzene rings is 1. The van der Waals surface area contributed by atoms with Crippen LogP contribution in [-0.4, -0.2) is 11.5 Å². The quantitative estimate of drug-likeness (QED) is 0.841. The fourth-order valence-electron chi connectivity index (χ4n) is 3.03. The van der Waals surface area contributed by atoms with Crippen LogP contribution in [0.4, 0.5) is 0 Å². The molecule has 1 saturated carbocycles. The lowest BCUT2D eigenvalue weighted by atomic mass is 9.77. The number of hydrogen-bond acceptors (Lipinski definition) is 2. The van der Waals surface area contributed by atoms with Crippen molar-refractivity contribution in [2.24, 2.45) is 0 Å². The van der Waals surface area contributed by atoms with Gasteiger partial charge in [0.2, 0.25) is 0 Å². The molecular weight excluding hydrogens is 324 g/mol. The zero-order valence-corrected chi connectivity index (χ0v) is 13.9. The van der Waals surface area contributed by atoms with Crippen LogP contribution in [0.25, 0.3) is 0 Å². The van der Waals surface area contributed by atoms with E-state index in [0.29, 0.717) is 0 Å². The fourth-order valence-corrected chi connectivity index (χ4v) is 3.52. The first-order valence-electron chi connectivity index (χ1n) is 7.74. The third-order valence-corrected chi connectivity index (χ3v) is 4.99. The third kappa shape index (κ3) is 3.04. The summed E-state index contributed by atoms with van der Waals surface area (Å²) in [7, 11) is 0. The van der Waals surface area contributed by atoms with Crippen LogP contribution in [0.3, 0.4) is 0 Å². The van der Waals surface area contributed by atoms with Gasteiger partial charge in [-0.1, -0.05) is 37.6 Å². The Hall–Kier alpha value is -1.19. The molecule has 110 valence electrons. The predicted octanol–water partition coefficient (Wildman–Crippen LogP) is 4.81. The zero-order valence-electron chi connectivity index (χ0n) is 12.3. The van der Waals surface area contributed by atoms with Gasteiger partial charge in [0.15, 0.2) is 0 Å². The summed E-state index contributed by atoms with van der Waals surface area (Å²) < 4.78 is 1.07. The van der Waals surface area contributed by atoms with Crippen molar-refractivity contribution in [2.45, 2.75) is 38.1 Å². The highest BCUT2D eigenvalue weighted by Crippen LogP contribution is 2.41. The molecule has 1 heterocycles. The Labute approximate surface area is 135 Å². The molecule has 21 heavy (non-hydrogen) atoms. The van der Waals surface area contributed by atoms with Crippen molar-refractivity contribution in [1.29, 1.82) is 0 Å². The lowest BCUT2D eigenvalue weighted by Gasteiger charge is -2.31. The summed E-state index contributed by atoms with van der Waals surface area (Å²) >= 11 is 3.65. The smallest absolute Gasteiger partial charge is 0.0765 e. The molecule has 1 aromatic heterocycles. The van der Waals surface area contributed by atoms with Gasteiger partial charge in [-0.2, -0.15) is 0 Å². The van der Waals surface area contributed by atoms with Gasteiger partial charge in [0.25, 0.3) is 0 Å². The average Bonchev–Trinajstić information content (AvgIpc) is 2.45. The van der Waals surface area contributed by atoms with Gasteiger partial charge in [0, 0.05) is 10.7 Å². The van der Waals surface area contributed by atoms with Crippen molar-refractivity contribution >= 4 is 15.9 Å². The van der Waals surface area contributed by atoms with E-state index in [2.05, 4.69) is 63.5 Å². The minimum absolute atomic E-state index is 0.155. The lowest BCUT2D eigenvalue weighted by molar-refractivity contribution is 0.414. The van der Waals surface area contributed by atoms with Crippen LogP contribution >= 0.6 is 15.9 Å². The van der Waals surface area contributed by atoms with E-state index in [9.17, 15) is 0 Å². The second kappa shape index (κ2) is 6.71. The van der Waals surface area contributed by atoms with Crippen molar-refractivity contribution in [3.05, 3.63) is 63.9 Å². The summed E-state index contributed by atoms with van der Waals surface area (Å²) in [5, 5.41) is 3.61. The maximum atomic E-state index is 4.61. The molecule has 2 nitrogen and oxygen atoms in total. The molecular formula is C18H21BrN2. The molecule has 2 aromatic rings. The molecule has 0 amide bonds. The Morgan fingerprint density at radius 2 is 2.05 bits per heavy atom. The van der Waals surface area contributed by atoms with Gasteiger partial charge in [-0.25, -0.2) is 0 Å². The van der Waals surface area contributed by atoms with E-state index in [-0.39, 0.29) is 6.04 Å². The number of hydrogen-bond donors (Lipinski definition) is 1. The third-order valence-electron chi connectivity index (χ3n) is 4.32. The minimum atomic E-state index is 0.155. The molecule has 1 aromatic carbocycles. The Morgan fingerprint density at radius 1 is 1.24 bits per heavy atom. The summed E-state index contributed by atoms with van der Waals surface area (Å²) in [4.78, 5) is 4.61. The predicted molar refractivity (Wildman–Crippen MR) is 90.5 cm³/mol. The summed E-state index contributed by atoms with van der Waals surface area (Å²) in [6, 6.07) is 13.0. The van der Waals surface area contributed by atoms with E-state index in [0.717, 1.165) is 22.6 Å². The number of pyridine rings is 1. The molecule has 3 heteroatoms. The van der Waals surface area contributed by atoms with E-state index < -0.39 is 0 Å².